The second-order valence-electron chi connectivity index (χ2n) is 4.95. The van der Waals surface area contributed by atoms with Gasteiger partial charge in [-0.05, 0) is 38.0 Å². The Bertz CT molecular complexity index is 190. The van der Waals surface area contributed by atoms with Gasteiger partial charge in [0.25, 0.3) is 0 Å². The van der Waals surface area contributed by atoms with Crippen LogP contribution in [0.5, 0.6) is 0 Å². The van der Waals surface area contributed by atoms with E-state index in [0.717, 1.165) is 25.7 Å². The van der Waals surface area contributed by atoms with E-state index in [0.29, 0.717) is 25.2 Å². The lowest BCUT2D eigenvalue weighted by atomic mass is 9.92. The van der Waals surface area contributed by atoms with Crippen LogP contribution in [-0.4, -0.2) is 16.5 Å². The first-order valence-corrected chi connectivity index (χ1v) is 5.80. The summed E-state index contributed by atoms with van der Waals surface area (Å²) in [5.74, 6) is 0.733. The molecule has 0 aromatic heterocycles. The van der Waals surface area contributed by atoms with Crippen LogP contribution in [0.25, 0.3) is 0 Å². The Hall–Kier alpha value is -0.370. The van der Waals surface area contributed by atoms with Gasteiger partial charge in [-0.3, -0.25) is 4.79 Å². The maximum atomic E-state index is 11.7. The third kappa shape index (κ3) is 3.09. The Morgan fingerprint density at radius 2 is 1.93 bits per heavy atom. The molecule has 0 heterocycles. The molecular formula is C12H22O2. The molecular weight excluding hydrogens is 176 g/mol. The zero-order valence-corrected chi connectivity index (χ0v) is 9.38. The highest BCUT2D eigenvalue weighted by Crippen LogP contribution is 2.31. The van der Waals surface area contributed by atoms with Crippen LogP contribution in [0, 0.1) is 5.92 Å². The average Bonchev–Trinajstić information content (AvgIpc) is 2.52. The van der Waals surface area contributed by atoms with Crippen LogP contribution in [0.3, 0.4) is 0 Å². The second kappa shape index (κ2) is 4.92. The van der Waals surface area contributed by atoms with Crippen LogP contribution < -0.4 is 0 Å². The molecule has 1 rings (SSSR count). The maximum absolute atomic E-state index is 11.7. The molecule has 2 heteroatoms. The molecule has 1 saturated carbocycles. The van der Waals surface area contributed by atoms with Gasteiger partial charge < -0.3 is 5.11 Å². The normalized spacial score (nSPS) is 20.3. The van der Waals surface area contributed by atoms with Gasteiger partial charge in [0.05, 0.1) is 0 Å². The first-order valence-electron chi connectivity index (χ1n) is 5.80. The lowest BCUT2D eigenvalue weighted by molar-refractivity contribution is -0.136. The van der Waals surface area contributed by atoms with E-state index in [1.807, 2.05) is 0 Å². The van der Waals surface area contributed by atoms with Crippen LogP contribution in [-0.2, 0) is 4.79 Å². The van der Waals surface area contributed by atoms with Crippen molar-refractivity contribution >= 4 is 5.78 Å². The van der Waals surface area contributed by atoms with E-state index < -0.39 is 5.60 Å². The summed E-state index contributed by atoms with van der Waals surface area (Å²) < 4.78 is 0. The summed E-state index contributed by atoms with van der Waals surface area (Å²) in [4.78, 5) is 11.7. The molecule has 0 aliphatic heterocycles. The van der Waals surface area contributed by atoms with Gasteiger partial charge in [-0.15, -0.1) is 0 Å². The van der Waals surface area contributed by atoms with Crippen LogP contribution >= 0.6 is 0 Å². The fourth-order valence-electron chi connectivity index (χ4n) is 2.14. The monoisotopic (exact) mass is 198 g/mol. The predicted molar refractivity (Wildman–Crippen MR) is 57.1 cm³/mol. The molecule has 82 valence electrons. The Morgan fingerprint density at radius 1 is 1.36 bits per heavy atom. The molecule has 0 aromatic carbocycles. The molecule has 0 unspecified atom stereocenters. The fraction of sp³-hybridized carbons (Fsp3) is 0.917. The summed E-state index contributed by atoms with van der Waals surface area (Å²) in [7, 11) is 0. The number of aliphatic hydroxyl groups is 1. The first kappa shape index (κ1) is 11.7. The Morgan fingerprint density at radius 3 is 2.43 bits per heavy atom. The van der Waals surface area contributed by atoms with Gasteiger partial charge in [-0.1, -0.05) is 20.3 Å². The summed E-state index contributed by atoms with van der Waals surface area (Å²) in [6.07, 6.45) is 5.97. The molecule has 1 aliphatic carbocycles. The summed E-state index contributed by atoms with van der Waals surface area (Å²) >= 11 is 0. The van der Waals surface area contributed by atoms with Gasteiger partial charge in [0.2, 0.25) is 0 Å². The molecule has 0 bridgehead atoms. The molecule has 0 spiro atoms. The number of hydrogen-bond acceptors (Lipinski definition) is 2. The van der Waals surface area contributed by atoms with E-state index in [2.05, 4.69) is 13.8 Å². The smallest absolute Gasteiger partial charge is 0.164 e. The quantitative estimate of drug-likeness (QED) is 0.737. The van der Waals surface area contributed by atoms with Crippen LogP contribution in [0.1, 0.15) is 58.8 Å². The number of carbonyl (C=O) groups is 1. The van der Waals surface area contributed by atoms with Gasteiger partial charge in [-0.2, -0.15) is 0 Å². The standard InChI is InChI=1S/C12H22O2/c1-10(2)6-5-7-11(13)12(14)8-3-4-9-12/h10,14H,3-9H2,1-2H3. The predicted octanol–water partition coefficient (Wildman–Crippen LogP) is 2.69. The van der Waals surface area contributed by atoms with Crippen molar-refractivity contribution in [1.29, 1.82) is 0 Å². The largest absolute Gasteiger partial charge is 0.382 e. The van der Waals surface area contributed by atoms with E-state index in [4.69, 9.17) is 0 Å². The molecule has 0 saturated heterocycles. The zero-order valence-electron chi connectivity index (χ0n) is 9.38. The topological polar surface area (TPSA) is 37.3 Å². The van der Waals surface area contributed by atoms with E-state index in [1.165, 1.54) is 0 Å². The minimum Gasteiger partial charge on any atom is -0.382 e. The first-order chi connectivity index (χ1) is 6.54. The second-order valence-corrected chi connectivity index (χ2v) is 4.95. The highest BCUT2D eigenvalue weighted by Gasteiger charge is 2.37. The Kier molecular flexibility index (Phi) is 4.11. The maximum Gasteiger partial charge on any atom is 0.164 e. The summed E-state index contributed by atoms with van der Waals surface area (Å²) in [6.45, 7) is 4.32. The SMILES string of the molecule is CC(C)CCCC(=O)C1(O)CCCC1. The van der Waals surface area contributed by atoms with Crippen molar-refractivity contribution in [3.05, 3.63) is 0 Å². The zero-order chi connectivity index (χ0) is 10.6. The fourth-order valence-corrected chi connectivity index (χ4v) is 2.14. The van der Waals surface area contributed by atoms with Crippen molar-refractivity contribution in [1.82, 2.24) is 0 Å². The Balaban J connectivity index is 2.27. The van der Waals surface area contributed by atoms with E-state index in [9.17, 15) is 9.90 Å². The highest BCUT2D eigenvalue weighted by molar-refractivity contribution is 5.87. The van der Waals surface area contributed by atoms with Gasteiger partial charge in [0.15, 0.2) is 5.78 Å². The number of hydrogen-bond donors (Lipinski definition) is 1. The number of rotatable bonds is 5. The van der Waals surface area contributed by atoms with Crippen molar-refractivity contribution in [2.75, 3.05) is 0 Å². The molecule has 0 amide bonds. The molecule has 1 fully saturated rings. The van der Waals surface area contributed by atoms with Gasteiger partial charge in [-0.25, -0.2) is 0 Å². The van der Waals surface area contributed by atoms with Crippen molar-refractivity contribution in [2.24, 2.45) is 5.92 Å². The third-order valence-electron chi connectivity index (χ3n) is 3.14. The average molecular weight is 198 g/mol. The van der Waals surface area contributed by atoms with E-state index in [1.54, 1.807) is 0 Å². The summed E-state index contributed by atoms with van der Waals surface area (Å²) in [6, 6.07) is 0. The molecule has 0 atom stereocenters. The van der Waals surface area contributed by atoms with Crippen LogP contribution in [0.15, 0.2) is 0 Å². The molecule has 1 aliphatic rings. The van der Waals surface area contributed by atoms with Gasteiger partial charge >= 0.3 is 0 Å². The highest BCUT2D eigenvalue weighted by atomic mass is 16.3. The van der Waals surface area contributed by atoms with Crippen molar-refractivity contribution in [3.8, 4) is 0 Å². The number of carbonyl (C=O) groups excluding carboxylic acids is 1. The molecule has 2 nitrogen and oxygen atoms in total. The van der Waals surface area contributed by atoms with Gasteiger partial charge in [0.1, 0.15) is 5.60 Å². The molecule has 0 aromatic rings. The third-order valence-corrected chi connectivity index (χ3v) is 3.14. The van der Waals surface area contributed by atoms with Crippen molar-refractivity contribution in [2.45, 2.75) is 64.4 Å². The van der Waals surface area contributed by atoms with Crippen LogP contribution in [0.2, 0.25) is 0 Å². The van der Waals surface area contributed by atoms with Crippen LogP contribution in [0.4, 0.5) is 0 Å². The molecule has 1 N–H and O–H groups in total. The molecule has 14 heavy (non-hydrogen) atoms. The van der Waals surface area contributed by atoms with Crippen molar-refractivity contribution in [3.63, 3.8) is 0 Å². The minimum absolute atomic E-state index is 0.0793. The van der Waals surface area contributed by atoms with Gasteiger partial charge in [0, 0.05) is 6.42 Å². The van der Waals surface area contributed by atoms with E-state index >= 15 is 0 Å². The summed E-state index contributed by atoms with van der Waals surface area (Å²) in [5, 5.41) is 9.98. The Labute approximate surface area is 86.7 Å². The summed E-state index contributed by atoms with van der Waals surface area (Å²) in [5.41, 5.74) is -0.947. The number of ketones is 1. The molecule has 0 radical (unpaired) electrons. The lowest BCUT2D eigenvalue weighted by Crippen LogP contribution is -2.35. The number of Topliss-reactive ketones (excluding diaryl/α,β-unsaturated/α-hetero) is 1. The minimum atomic E-state index is -0.947. The van der Waals surface area contributed by atoms with Crippen molar-refractivity contribution < 1.29 is 9.90 Å². The lowest BCUT2D eigenvalue weighted by Gasteiger charge is -2.20. The van der Waals surface area contributed by atoms with E-state index in [-0.39, 0.29) is 5.78 Å².